The van der Waals surface area contributed by atoms with Crippen LogP contribution < -0.4 is 10.2 Å². The van der Waals surface area contributed by atoms with Gasteiger partial charge < -0.3 is 19.7 Å². The number of amides is 1. The minimum absolute atomic E-state index is 0.0623. The van der Waals surface area contributed by atoms with Gasteiger partial charge in [-0.25, -0.2) is 9.97 Å². The zero-order valence-electron chi connectivity index (χ0n) is 12.8. The maximum absolute atomic E-state index is 11.8. The zero-order valence-corrected chi connectivity index (χ0v) is 12.8. The molecule has 2 heterocycles. The number of hydrogen-bond acceptors (Lipinski definition) is 6. The predicted molar refractivity (Wildman–Crippen MR) is 78.2 cm³/mol. The number of nitrogens with zero attached hydrogens (tertiary/aromatic N) is 3. The smallest absolute Gasteiger partial charge is 0.222 e. The normalized spacial score (nSPS) is 22.1. The van der Waals surface area contributed by atoms with Crippen LogP contribution in [0.1, 0.15) is 12.1 Å². The fraction of sp³-hybridized carbons (Fsp3) is 0.643. The van der Waals surface area contributed by atoms with Crippen LogP contribution in [0.25, 0.3) is 0 Å². The Morgan fingerprint density at radius 3 is 3.05 bits per heavy atom. The minimum atomic E-state index is -0.647. The average Bonchev–Trinajstić information content (AvgIpc) is 2.47. The van der Waals surface area contributed by atoms with Crippen LogP contribution in [0, 0.1) is 6.92 Å². The molecule has 1 N–H and O–H groups in total. The third-order valence-corrected chi connectivity index (χ3v) is 3.53. The quantitative estimate of drug-likeness (QED) is 0.832. The van der Waals surface area contributed by atoms with Crippen molar-refractivity contribution in [2.24, 2.45) is 0 Å². The van der Waals surface area contributed by atoms with E-state index in [1.54, 1.807) is 20.5 Å². The second kappa shape index (κ2) is 6.82. The molecule has 1 aromatic rings. The molecule has 0 bridgehead atoms. The van der Waals surface area contributed by atoms with Crippen LogP contribution in [0.15, 0.2) is 12.4 Å². The SMILES string of the molecule is CNC(=O)C[C@]1(COC)CN(c2cc(C)ncn2)CCO1. The highest BCUT2D eigenvalue weighted by Gasteiger charge is 2.39. The van der Waals surface area contributed by atoms with E-state index in [2.05, 4.69) is 20.2 Å². The molecule has 1 aliphatic heterocycles. The van der Waals surface area contributed by atoms with Gasteiger partial charge in [0.25, 0.3) is 0 Å². The van der Waals surface area contributed by atoms with Crippen molar-refractivity contribution in [1.82, 2.24) is 15.3 Å². The lowest BCUT2D eigenvalue weighted by atomic mass is 9.97. The van der Waals surface area contributed by atoms with Gasteiger partial charge in [0.15, 0.2) is 0 Å². The summed E-state index contributed by atoms with van der Waals surface area (Å²) >= 11 is 0. The summed E-state index contributed by atoms with van der Waals surface area (Å²) in [4.78, 5) is 22.3. The number of carbonyl (C=O) groups is 1. The number of ether oxygens (including phenoxy) is 2. The molecule has 21 heavy (non-hydrogen) atoms. The highest BCUT2D eigenvalue weighted by Crippen LogP contribution is 2.25. The number of aromatic nitrogens is 2. The first kappa shape index (κ1) is 15.7. The molecule has 7 nitrogen and oxygen atoms in total. The number of morpholine rings is 1. The molecule has 1 atom stereocenters. The Labute approximate surface area is 124 Å². The van der Waals surface area contributed by atoms with E-state index in [1.165, 1.54) is 0 Å². The fourth-order valence-corrected chi connectivity index (χ4v) is 2.54. The molecule has 116 valence electrons. The Morgan fingerprint density at radius 1 is 1.57 bits per heavy atom. The van der Waals surface area contributed by atoms with Gasteiger partial charge in [0.05, 0.1) is 26.2 Å². The molecule has 7 heteroatoms. The van der Waals surface area contributed by atoms with Crippen LogP contribution in [-0.2, 0) is 14.3 Å². The van der Waals surface area contributed by atoms with Crippen molar-refractivity contribution in [3.8, 4) is 0 Å². The standard InChI is InChI=1S/C14H22N4O3/c1-11-6-12(17-10-16-11)18-4-5-21-14(8-18,9-20-3)7-13(19)15-2/h6,10H,4-5,7-9H2,1-3H3,(H,15,19)/t14-/m1/s1. The van der Waals surface area contributed by atoms with Crippen LogP contribution in [0.4, 0.5) is 5.82 Å². The molecule has 0 spiro atoms. The van der Waals surface area contributed by atoms with Crippen molar-refractivity contribution in [2.45, 2.75) is 18.9 Å². The average molecular weight is 294 g/mol. The molecule has 1 aliphatic rings. The molecule has 1 saturated heterocycles. The van der Waals surface area contributed by atoms with E-state index < -0.39 is 5.60 Å². The van der Waals surface area contributed by atoms with Crippen molar-refractivity contribution in [3.63, 3.8) is 0 Å². The summed E-state index contributed by atoms with van der Waals surface area (Å²) in [6, 6.07) is 1.93. The molecule has 1 aromatic heterocycles. The Bertz CT molecular complexity index is 493. The lowest BCUT2D eigenvalue weighted by molar-refractivity contribution is -0.137. The van der Waals surface area contributed by atoms with E-state index in [1.807, 2.05) is 13.0 Å². The van der Waals surface area contributed by atoms with Gasteiger partial charge in [0.2, 0.25) is 5.91 Å². The molecule has 0 saturated carbocycles. The lowest BCUT2D eigenvalue weighted by Crippen LogP contribution is -2.56. The van der Waals surface area contributed by atoms with Gasteiger partial charge in [-0.2, -0.15) is 0 Å². The molecule has 1 fully saturated rings. The van der Waals surface area contributed by atoms with Crippen molar-refractivity contribution in [3.05, 3.63) is 18.1 Å². The summed E-state index contributed by atoms with van der Waals surface area (Å²) in [5, 5.41) is 2.64. The molecular formula is C14H22N4O3. The summed E-state index contributed by atoms with van der Waals surface area (Å²) in [5.41, 5.74) is 0.265. The van der Waals surface area contributed by atoms with Crippen LogP contribution in [0.3, 0.4) is 0 Å². The van der Waals surface area contributed by atoms with E-state index in [4.69, 9.17) is 9.47 Å². The van der Waals surface area contributed by atoms with E-state index in [0.717, 1.165) is 18.1 Å². The molecule has 1 amide bonds. The van der Waals surface area contributed by atoms with E-state index >= 15 is 0 Å². The Hall–Kier alpha value is -1.73. The van der Waals surface area contributed by atoms with Gasteiger partial charge in [-0.1, -0.05) is 0 Å². The number of anilines is 1. The first-order valence-corrected chi connectivity index (χ1v) is 6.96. The third kappa shape index (κ3) is 3.89. The Kier molecular flexibility index (Phi) is 5.08. The van der Waals surface area contributed by atoms with Crippen molar-refractivity contribution < 1.29 is 14.3 Å². The van der Waals surface area contributed by atoms with E-state index in [0.29, 0.717) is 19.8 Å². The summed E-state index contributed by atoms with van der Waals surface area (Å²) in [6.45, 7) is 4.11. The maximum Gasteiger partial charge on any atom is 0.222 e. The first-order valence-electron chi connectivity index (χ1n) is 6.96. The minimum Gasteiger partial charge on any atom is -0.382 e. The molecule has 0 aliphatic carbocycles. The zero-order chi connectivity index (χ0) is 15.3. The maximum atomic E-state index is 11.8. The van der Waals surface area contributed by atoms with E-state index in [-0.39, 0.29) is 12.3 Å². The number of methoxy groups -OCH3 is 1. The molecular weight excluding hydrogens is 272 g/mol. The Balaban J connectivity index is 2.17. The van der Waals surface area contributed by atoms with Crippen molar-refractivity contribution in [2.75, 3.05) is 45.4 Å². The highest BCUT2D eigenvalue weighted by atomic mass is 16.5. The molecule has 0 radical (unpaired) electrons. The third-order valence-electron chi connectivity index (χ3n) is 3.53. The first-order chi connectivity index (χ1) is 10.1. The number of nitrogens with one attached hydrogen (secondary N) is 1. The van der Waals surface area contributed by atoms with Gasteiger partial charge >= 0.3 is 0 Å². The summed E-state index contributed by atoms with van der Waals surface area (Å²) in [7, 11) is 3.24. The van der Waals surface area contributed by atoms with Gasteiger partial charge in [-0.05, 0) is 6.92 Å². The van der Waals surface area contributed by atoms with Gasteiger partial charge in [-0.3, -0.25) is 4.79 Å². The molecule has 0 aromatic carbocycles. The van der Waals surface area contributed by atoms with E-state index in [9.17, 15) is 4.79 Å². The number of carbonyl (C=O) groups excluding carboxylic acids is 1. The second-order valence-electron chi connectivity index (χ2n) is 5.25. The van der Waals surface area contributed by atoms with Crippen LogP contribution in [0.5, 0.6) is 0 Å². The molecule has 2 rings (SSSR count). The summed E-state index contributed by atoms with van der Waals surface area (Å²) in [6.07, 6.45) is 1.81. The van der Waals surface area contributed by atoms with Crippen LogP contribution in [-0.4, -0.2) is 61.9 Å². The number of rotatable bonds is 5. The predicted octanol–water partition coefficient (Wildman–Crippen LogP) is 0.143. The number of aryl methyl sites for hydroxylation is 1. The summed E-state index contributed by atoms with van der Waals surface area (Å²) < 4.78 is 11.2. The largest absolute Gasteiger partial charge is 0.382 e. The fourth-order valence-electron chi connectivity index (χ4n) is 2.54. The monoisotopic (exact) mass is 294 g/mol. The number of hydrogen-bond donors (Lipinski definition) is 1. The Morgan fingerprint density at radius 2 is 2.38 bits per heavy atom. The highest BCUT2D eigenvalue weighted by molar-refractivity contribution is 5.77. The van der Waals surface area contributed by atoms with Gasteiger partial charge in [0, 0.05) is 32.5 Å². The van der Waals surface area contributed by atoms with Crippen LogP contribution in [0.2, 0.25) is 0 Å². The lowest BCUT2D eigenvalue weighted by Gasteiger charge is -2.42. The summed E-state index contributed by atoms with van der Waals surface area (Å²) in [5.74, 6) is 0.788. The van der Waals surface area contributed by atoms with Crippen molar-refractivity contribution >= 4 is 11.7 Å². The van der Waals surface area contributed by atoms with Crippen molar-refractivity contribution in [1.29, 1.82) is 0 Å². The van der Waals surface area contributed by atoms with Crippen LogP contribution >= 0.6 is 0 Å². The molecule has 0 unspecified atom stereocenters. The second-order valence-corrected chi connectivity index (χ2v) is 5.25. The topological polar surface area (TPSA) is 76.6 Å². The van der Waals surface area contributed by atoms with Gasteiger partial charge in [-0.15, -0.1) is 0 Å². The van der Waals surface area contributed by atoms with Gasteiger partial charge in [0.1, 0.15) is 17.7 Å².